The number of nitrogen functional groups attached to an aromatic ring is 1. The molecular weight excluding hydrogens is 270 g/mol. The number of anilines is 3. The molecule has 2 aromatic rings. The van der Waals surface area contributed by atoms with Gasteiger partial charge in [0.05, 0.1) is 0 Å². The van der Waals surface area contributed by atoms with Crippen molar-refractivity contribution in [1.82, 2.24) is 9.97 Å². The number of hydrogen-bond acceptors (Lipinski definition) is 6. The molecule has 0 radical (unpaired) electrons. The van der Waals surface area contributed by atoms with Gasteiger partial charge < -0.3 is 16.4 Å². The zero-order valence-electron chi connectivity index (χ0n) is 12.1. The molecule has 2 heterocycles. The van der Waals surface area contributed by atoms with Crippen molar-refractivity contribution < 1.29 is 0 Å². The fourth-order valence-electron chi connectivity index (χ4n) is 1.75. The molecule has 2 rings (SSSR count). The van der Waals surface area contributed by atoms with Gasteiger partial charge in [0.15, 0.2) is 11.6 Å². The average molecular weight is 291 g/mol. The highest BCUT2D eigenvalue weighted by Crippen LogP contribution is 2.25. The van der Waals surface area contributed by atoms with Crippen LogP contribution in [0.15, 0.2) is 23.8 Å². The maximum absolute atomic E-state index is 6.10. The number of thiophene rings is 1. The van der Waals surface area contributed by atoms with E-state index in [-0.39, 0.29) is 5.54 Å². The van der Waals surface area contributed by atoms with Crippen LogP contribution in [0.5, 0.6) is 0 Å². The zero-order chi connectivity index (χ0) is 14.6. The van der Waals surface area contributed by atoms with E-state index in [0.717, 1.165) is 13.0 Å². The Morgan fingerprint density at radius 2 is 2.00 bits per heavy atom. The van der Waals surface area contributed by atoms with Gasteiger partial charge in [-0.25, -0.2) is 9.97 Å². The number of nitrogens with two attached hydrogens (primary N) is 1. The second kappa shape index (κ2) is 6.09. The summed E-state index contributed by atoms with van der Waals surface area (Å²) in [5.74, 6) is 1.36. The first-order valence-corrected chi connectivity index (χ1v) is 7.48. The lowest BCUT2D eigenvalue weighted by molar-refractivity contribution is 0.630. The van der Waals surface area contributed by atoms with Crippen LogP contribution in [0, 0.1) is 0 Å². The quantitative estimate of drug-likeness (QED) is 0.789. The first-order chi connectivity index (χ1) is 9.46. The topological polar surface area (TPSA) is 75.9 Å². The normalized spacial score (nSPS) is 11.3. The maximum atomic E-state index is 6.10. The van der Waals surface area contributed by atoms with Crippen LogP contribution in [0.4, 0.5) is 17.3 Å². The predicted octanol–water partition coefficient (Wildman–Crippen LogP) is 2.99. The van der Waals surface area contributed by atoms with E-state index < -0.39 is 0 Å². The summed E-state index contributed by atoms with van der Waals surface area (Å²) >= 11 is 1.76. The lowest BCUT2D eigenvalue weighted by Crippen LogP contribution is -2.27. The third kappa shape index (κ3) is 4.09. The molecule has 0 aromatic carbocycles. The summed E-state index contributed by atoms with van der Waals surface area (Å²) < 4.78 is 0. The van der Waals surface area contributed by atoms with Crippen LogP contribution >= 0.6 is 11.3 Å². The molecule has 0 amide bonds. The van der Waals surface area contributed by atoms with Gasteiger partial charge in [0.1, 0.15) is 12.0 Å². The van der Waals surface area contributed by atoms with Crippen molar-refractivity contribution in [3.05, 3.63) is 28.7 Å². The number of hydrogen-bond donors (Lipinski definition) is 3. The lowest BCUT2D eigenvalue weighted by Gasteiger charge is -2.22. The van der Waals surface area contributed by atoms with Crippen LogP contribution in [-0.4, -0.2) is 22.1 Å². The molecule has 5 nitrogen and oxygen atoms in total. The van der Waals surface area contributed by atoms with Gasteiger partial charge in [0.2, 0.25) is 0 Å². The molecule has 2 aromatic heterocycles. The molecule has 108 valence electrons. The Balaban J connectivity index is 1.99. The molecule has 0 fully saturated rings. The Morgan fingerprint density at radius 1 is 1.25 bits per heavy atom. The van der Waals surface area contributed by atoms with Crippen LogP contribution in [-0.2, 0) is 6.42 Å². The fraction of sp³-hybridized carbons (Fsp3) is 0.429. The predicted molar refractivity (Wildman–Crippen MR) is 86.3 cm³/mol. The van der Waals surface area contributed by atoms with Crippen LogP contribution in [0.2, 0.25) is 0 Å². The second-order valence-electron chi connectivity index (χ2n) is 5.62. The standard InChI is InChI=1S/C14H21N5S/c1-14(2,3)19-13-11(15)12(17-9-18-13)16-7-6-10-5-4-8-20-10/h4-5,8-9H,6-7,15H2,1-3H3,(H2,16,17,18,19). The summed E-state index contributed by atoms with van der Waals surface area (Å²) in [6.45, 7) is 7.01. The van der Waals surface area contributed by atoms with E-state index in [9.17, 15) is 0 Å². The largest absolute Gasteiger partial charge is 0.393 e. The van der Waals surface area contributed by atoms with E-state index in [2.05, 4.69) is 58.9 Å². The van der Waals surface area contributed by atoms with Crippen molar-refractivity contribution in [3.8, 4) is 0 Å². The molecule has 0 saturated carbocycles. The van der Waals surface area contributed by atoms with Gasteiger partial charge in [-0.1, -0.05) is 6.07 Å². The number of aromatic nitrogens is 2. The highest BCUT2D eigenvalue weighted by Gasteiger charge is 2.14. The molecule has 6 heteroatoms. The van der Waals surface area contributed by atoms with Crippen LogP contribution < -0.4 is 16.4 Å². The molecule has 4 N–H and O–H groups in total. The van der Waals surface area contributed by atoms with Gasteiger partial charge in [-0.3, -0.25) is 0 Å². The monoisotopic (exact) mass is 291 g/mol. The van der Waals surface area contributed by atoms with Gasteiger partial charge in [-0.05, 0) is 38.6 Å². The molecule has 0 saturated heterocycles. The van der Waals surface area contributed by atoms with E-state index in [1.54, 1.807) is 11.3 Å². The summed E-state index contributed by atoms with van der Waals surface area (Å²) in [6, 6.07) is 4.19. The van der Waals surface area contributed by atoms with Crippen LogP contribution in [0.1, 0.15) is 25.6 Å². The minimum Gasteiger partial charge on any atom is -0.393 e. The molecule has 0 bridgehead atoms. The van der Waals surface area contributed by atoms with Crippen molar-refractivity contribution in [1.29, 1.82) is 0 Å². The van der Waals surface area contributed by atoms with Gasteiger partial charge >= 0.3 is 0 Å². The molecule has 0 atom stereocenters. The van der Waals surface area contributed by atoms with E-state index >= 15 is 0 Å². The highest BCUT2D eigenvalue weighted by atomic mass is 32.1. The smallest absolute Gasteiger partial charge is 0.155 e. The first kappa shape index (κ1) is 14.6. The van der Waals surface area contributed by atoms with Gasteiger partial charge in [-0.2, -0.15) is 0 Å². The fourth-order valence-corrected chi connectivity index (χ4v) is 2.46. The van der Waals surface area contributed by atoms with Crippen molar-refractivity contribution in [2.75, 3.05) is 22.9 Å². The first-order valence-electron chi connectivity index (χ1n) is 6.60. The highest BCUT2D eigenvalue weighted by molar-refractivity contribution is 7.09. The Kier molecular flexibility index (Phi) is 4.44. The Morgan fingerprint density at radius 3 is 2.65 bits per heavy atom. The van der Waals surface area contributed by atoms with E-state index in [1.807, 2.05) is 0 Å². The van der Waals surface area contributed by atoms with Crippen molar-refractivity contribution >= 4 is 28.7 Å². The van der Waals surface area contributed by atoms with Crippen molar-refractivity contribution in [2.45, 2.75) is 32.7 Å². The summed E-state index contributed by atoms with van der Waals surface area (Å²) in [4.78, 5) is 9.75. The minimum absolute atomic E-state index is 0.0866. The van der Waals surface area contributed by atoms with E-state index in [4.69, 9.17) is 5.73 Å². The van der Waals surface area contributed by atoms with Crippen LogP contribution in [0.25, 0.3) is 0 Å². The lowest BCUT2D eigenvalue weighted by atomic mass is 10.1. The van der Waals surface area contributed by atoms with Crippen LogP contribution in [0.3, 0.4) is 0 Å². The zero-order valence-corrected chi connectivity index (χ0v) is 12.9. The molecule has 0 aliphatic carbocycles. The molecule has 0 aliphatic rings. The minimum atomic E-state index is -0.0866. The summed E-state index contributed by atoms with van der Waals surface area (Å²) in [7, 11) is 0. The Labute approximate surface area is 123 Å². The summed E-state index contributed by atoms with van der Waals surface area (Å²) in [5, 5.41) is 8.63. The van der Waals surface area contributed by atoms with Gasteiger partial charge in [0.25, 0.3) is 0 Å². The summed E-state index contributed by atoms with van der Waals surface area (Å²) in [5.41, 5.74) is 6.58. The van der Waals surface area contributed by atoms with Gasteiger partial charge in [-0.15, -0.1) is 11.3 Å². The van der Waals surface area contributed by atoms with E-state index in [1.165, 1.54) is 11.2 Å². The molecule has 20 heavy (non-hydrogen) atoms. The van der Waals surface area contributed by atoms with Gasteiger partial charge in [0, 0.05) is 17.0 Å². The third-order valence-corrected chi connectivity index (χ3v) is 3.56. The van der Waals surface area contributed by atoms with Crippen molar-refractivity contribution in [3.63, 3.8) is 0 Å². The van der Waals surface area contributed by atoms with E-state index in [0.29, 0.717) is 17.3 Å². The SMILES string of the molecule is CC(C)(C)Nc1ncnc(NCCc2cccs2)c1N. The summed E-state index contributed by atoms with van der Waals surface area (Å²) in [6.07, 6.45) is 2.49. The Hall–Kier alpha value is -1.82. The van der Waals surface area contributed by atoms with Crippen molar-refractivity contribution in [2.24, 2.45) is 0 Å². The molecule has 0 unspecified atom stereocenters. The molecule has 0 spiro atoms. The second-order valence-corrected chi connectivity index (χ2v) is 6.65. The molecule has 0 aliphatic heterocycles. The average Bonchev–Trinajstić information content (AvgIpc) is 2.85. The Bertz CT molecular complexity index is 545. The number of nitrogens with zero attached hydrogens (tertiary/aromatic N) is 2. The third-order valence-electron chi connectivity index (χ3n) is 2.62. The number of nitrogens with one attached hydrogen (secondary N) is 2. The molecular formula is C14H21N5S. The number of rotatable bonds is 5. The maximum Gasteiger partial charge on any atom is 0.155 e.